The maximum Gasteiger partial charge on any atom is 0.341 e. The summed E-state index contributed by atoms with van der Waals surface area (Å²) in [5, 5.41) is 35.0. The summed E-state index contributed by atoms with van der Waals surface area (Å²) in [6.07, 6.45) is 3.13. The molecule has 7 amide bonds. The van der Waals surface area contributed by atoms with E-state index in [-0.39, 0.29) is 116 Å². The standard InChI is InChI=1S/C28H22ClF4N3O4.2C21H16ClF4N3O4.C21H18F2N2O5/c29-21-19(30)7-6-15(22(21)31)10-34-26(38)17-11-35-12-20-18-8-16(9-28(18,32)33)36(20)27(39)23(35)25(24(17)37)40-13-14-4-2-1-3-5-14;2*22-14-12(23)2-1-8(15(14)24)5-27-19(32)10-6-28-7-13-11-3-9(4-21(11,25)26)29(13)20(33)16(28)18(31)17(10)30;22-21(23)7-12-6-14(21)15-9-24-8-13(20(28)29)17(26)18(16(24)19(27)25(12)15)30-10-11-4-2-1-3-5-11/h1-7,11,16,18,20H,8-10,12-13H2,(H,34,38);2*1-2,6,9,11,13,31H,3-5,7H2,(H,27,32);1-5,8,12,14-15H,6-7,9-10H2,(H,28,29)/t16-,18?,20+;2*9-,11?,13+;12-,14?,15+/m1111/s1. The number of ether oxygens (including phenoxy) is 2. The lowest BCUT2D eigenvalue weighted by Gasteiger charge is -2.43. The number of aromatic nitrogens is 4. The average Bonchev–Trinajstić information content (AvgIpc) is 1.55. The first-order valence-electron chi connectivity index (χ1n) is 42.4. The fraction of sp³-hybridized carbons (Fsp3) is 0.363. The number of nitrogens with zero attached hydrogens (tertiary/aromatic N) is 8. The van der Waals surface area contributed by atoms with E-state index in [0.29, 0.717) is 5.56 Å². The molecule has 4 saturated carbocycles. The Balaban J connectivity index is 0.000000121. The van der Waals surface area contributed by atoms with Crippen LogP contribution in [0.5, 0.6) is 23.0 Å². The minimum Gasteiger partial charge on any atom is -0.503 e. The Bertz CT molecular complexity index is 6680. The molecule has 5 aromatic carbocycles. The van der Waals surface area contributed by atoms with Gasteiger partial charge in [0.05, 0.1) is 24.2 Å². The molecular formula is C91H72Cl3F14N11O17. The molecule has 8 aliphatic heterocycles. The quantitative estimate of drug-likeness (QED) is 0.0386. The highest BCUT2D eigenvalue weighted by Crippen LogP contribution is 2.58. The number of nitrogens with one attached hydrogen (secondary N) is 3. The lowest BCUT2D eigenvalue weighted by molar-refractivity contribution is -0.0895. The number of amides is 7. The molecule has 45 heteroatoms. The highest BCUT2D eigenvalue weighted by molar-refractivity contribution is 6.31. The Hall–Kier alpha value is -13.3. The van der Waals surface area contributed by atoms with Crippen molar-refractivity contribution < 1.29 is 125 Å². The van der Waals surface area contributed by atoms with Crippen LogP contribution in [0.1, 0.15) is 163 Å². The zero-order valence-corrected chi connectivity index (χ0v) is 72.3. The number of benzene rings is 5. The van der Waals surface area contributed by atoms with E-state index < -0.39 is 294 Å². The molecule has 12 aliphatic rings. The molecule has 4 unspecified atom stereocenters. The van der Waals surface area contributed by atoms with Crippen molar-refractivity contribution in [1.82, 2.24) is 53.8 Å². The number of fused-ring (bicyclic) bond motifs is 24. The number of piperidine rings is 4. The van der Waals surface area contributed by atoms with Gasteiger partial charge in [-0.25, -0.2) is 66.3 Å². The lowest BCUT2D eigenvalue weighted by Crippen LogP contribution is -2.56. The highest BCUT2D eigenvalue weighted by atomic mass is 35.5. The zero-order chi connectivity index (χ0) is 97.2. The van der Waals surface area contributed by atoms with Crippen molar-refractivity contribution >= 4 is 82.1 Å². The monoisotopic (exact) mass is 1960 g/mol. The van der Waals surface area contributed by atoms with Gasteiger partial charge in [0.1, 0.15) is 85.4 Å². The predicted octanol–water partition coefficient (Wildman–Crippen LogP) is 12.3. The highest BCUT2D eigenvalue weighted by Gasteiger charge is 2.68. The third-order valence-electron chi connectivity index (χ3n) is 27.5. The molecule has 8 bridgehead atoms. The fourth-order valence-electron chi connectivity index (χ4n) is 21.3. The molecule has 12 atom stereocenters. The van der Waals surface area contributed by atoms with Crippen molar-refractivity contribution in [3.8, 4) is 23.0 Å². The van der Waals surface area contributed by atoms with Gasteiger partial charge in [0.2, 0.25) is 21.7 Å². The first-order chi connectivity index (χ1) is 64.4. The van der Waals surface area contributed by atoms with E-state index >= 15 is 0 Å². The molecule has 8 fully saturated rings. The number of aromatic carboxylic acids is 1. The Morgan fingerprint density at radius 2 is 0.625 bits per heavy atom. The van der Waals surface area contributed by atoms with Crippen LogP contribution < -0.4 is 47.1 Å². The largest absolute Gasteiger partial charge is 0.503 e. The fourth-order valence-corrected chi connectivity index (χ4v) is 21.8. The van der Waals surface area contributed by atoms with Gasteiger partial charge >= 0.3 is 5.97 Å². The third-order valence-corrected chi connectivity index (χ3v) is 28.6. The van der Waals surface area contributed by atoms with Gasteiger partial charge in [0, 0.05) is 161 Å². The van der Waals surface area contributed by atoms with Gasteiger partial charge < -0.3 is 78.6 Å². The molecule has 712 valence electrons. The SMILES string of the molecule is O=C(NCc1ccc(F)c(Cl)c1F)c1cn2c(c(O)c1=O)C(=O)N1[C@@H]3CC([C@@H]1C2)C(F)(F)C3.O=C(NCc1ccc(F)c(Cl)c1F)c1cn2c(c(O)c1=O)C(=O)N1[C@@H]3CC([C@@H]1C2)C(F)(F)C3.O=C(NCc1ccc(F)c(Cl)c1F)c1cn2c(c(OCc3ccccc3)c1=O)C(=O)N1[C@@H]3CC([C@@H]1C2)C(F)(F)C3.O=C(O)c1cn2c(c(OCc3ccccc3)c1=O)C(=O)N1[C@@H]3CC([C@@H]1C2)C(F)(F)C3. The lowest BCUT2D eigenvalue weighted by atomic mass is 9.92. The summed E-state index contributed by atoms with van der Waals surface area (Å²) >= 11 is 16.6. The predicted molar refractivity (Wildman–Crippen MR) is 448 cm³/mol. The van der Waals surface area contributed by atoms with Crippen molar-refractivity contribution in [2.75, 3.05) is 0 Å². The third kappa shape index (κ3) is 15.8. The summed E-state index contributed by atoms with van der Waals surface area (Å²) in [5.41, 5.74) is -6.00. The first kappa shape index (κ1) is 93.2. The van der Waals surface area contributed by atoms with Crippen LogP contribution in [0.3, 0.4) is 0 Å². The van der Waals surface area contributed by atoms with E-state index in [0.717, 1.165) is 75.9 Å². The normalized spacial score (nSPS) is 24.1. The Labute approximate surface area is 771 Å². The average molecular weight is 1960 g/mol. The van der Waals surface area contributed by atoms with E-state index in [4.69, 9.17) is 44.3 Å². The molecule has 136 heavy (non-hydrogen) atoms. The smallest absolute Gasteiger partial charge is 0.341 e. The second kappa shape index (κ2) is 34.5. The number of hydrogen-bond donors (Lipinski definition) is 6. The van der Waals surface area contributed by atoms with E-state index in [1.165, 1.54) is 28.7 Å². The van der Waals surface area contributed by atoms with Gasteiger partial charge in [0.25, 0.3) is 65.0 Å². The van der Waals surface area contributed by atoms with Gasteiger partial charge in [-0.2, -0.15) is 0 Å². The van der Waals surface area contributed by atoms with E-state index in [2.05, 4.69) is 16.0 Å². The van der Waals surface area contributed by atoms with Gasteiger partial charge in [-0.15, -0.1) is 0 Å². The number of carbonyl (C=O) groups is 8. The second-order valence-corrected chi connectivity index (χ2v) is 36.3. The summed E-state index contributed by atoms with van der Waals surface area (Å²) in [7, 11) is 0. The number of aromatic hydroxyl groups is 2. The van der Waals surface area contributed by atoms with Crippen LogP contribution in [0, 0.1) is 58.6 Å². The van der Waals surface area contributed by atoms with Gasteiger partial charge in [0.15, 0.2) is 45.8 Å². The van der Waals surface area contributed by atoms with E-state index in [1.807, 2.05) is 6.07 Å². The van der Waals surface area contributed by atoms with Crippen LogP contribution in [0.15, 0.2) is 141 Å². The number of carbonyl (C=O) groups excluding carboxylic acids is 7. The molecular weight excluding hydrogens is 1890 g/mol. The molecule has 4 aliphatic carbocycles. The maximum absolute atomic E-state index is 14.6. The minimum absolute atomic E-state index is 0.0000863. The van der Waals surface area contributed by atoms with Gasteiger partial charge in [-0.05, 0) is 55.0 Å². The molecule has 28 nitrogen and oxygen atoms in total. The van der Waals surface area contributed by atoms with Crippen LogP contribution in [-0.2, 0) is 59.0 Å². The summed E-state index contributed by atoms with van der Waals surface area (Å²) in [4.78, 5) is 160. The Morgan fingerprint density at radius 1 is 0.368 bits per heavy atom. The first-order valence-corrected chi connectivity index (χ1v) is 43.6. The number of rotatable bonds is 16. The Morgan fingerprint density at radius 3 is 0.912 bits per heavy atom. The molecule has 21 rings (SSSR count). The van der Waals surface area contributed by atoms with Crippen LogP contribution in [0.2, 0.25) is 15.1 Å². The van der Waals surface area contributed by atoms with Crippen LogP contribution >= 0.6 is 34.8 Å². The van der Waals surface area contributed by atoms with Crippen LogP contribution in [0.25, 0.3) is 0 Å². The topological polar surface area (TPSA) is 353 Å². The van der Waals surface area contributed by atoms with Crippen molar-refractivity contribution in [2.24, 2.45) is 23.7 Å². The summed E-state index contributed by atoms with van der Waals surface area (Å²) in [6, 6.07) is 18.0. The summed E-state index contributed by atoms with van der Waals surface area (Å²) < 4.78 is 214. The molecule has 0 radical (unpaired) electrons. The zero-order valence-electron chi connectivity index (χ0n) is 70.1. The molecule has 9 aromatic rings. The number of halogens is 17. The van der Waals surface area contributed by atoms with E-state index in [1.54, 1.807) is 54.6 Å². The van der Waals surface area contributed by atoms with Crippen molar-refractivity contribution in [1.29, 1.82) is 0 Å². The molecule has 6 N–H and O–H groups in total. The molecule has 12 heterocycles. The van der Waals surface area contributed by atoms with Crippen molar-refractivity contribution in [3.05, 3.63) is 286 Å². The van der Waals surface area contributed by atoms with Crippen LogP contribution in [-0.4, -0.2) is 173 Å². The number of pyridine rings is 4. The van der Waals surface area contributed by atoms with Crippen molar-refractivity contribution in [2.45, 2.75) is 182 Å². The molecule has 4 saturated heterocycles. The summed E-state index contributed by atoms with van der Waals surface area (Å²) in [6.45, 7) is -1.72. The number of carboxylic acids is 1. The maximum atomic E-state index is 14.6. The second-order valence-electron chi connectivity index (χ2n) is 35.2. The number of hydrogen-bond acceptors (Lipinski definition) is 16. The van der Waals surface area contributed by atoms with E-state index in [9.17, 15) is 134 Å². The summed E-state index contributed by atoms with van der Waals surface area (Å²) in [5.74, 6) is -31.5. The minimum atomic E-state index is -2.93. The molecule has 0 spiro atoms. The van der Waals surface area contributed by atoms with Gasteiger partial charge in [-0.1, -0.05) is 114 Å². The Kier molecular flexibility index (Phi) is 23.7. The molecule has 4 aromatic heterocycles. The number of carboxylic acid groups (broad SMARTS) is 1. The van der Waals surface area contributed by atoms with Crippen LogP contribution in [0.4, 0.5) is 61.5 Å². The van der Waals surface area contributed by atoms with Crippen molar-refractivity contribution in [3.63, 3.8) is 0 Å². The van der Waals surface area contributed by atoms with Gasteiger partial charge in [-0.3, -0.25) is 52.7 Å². The number of alkyl halides is 8.